The van der Waals surface area contributed by atoms with E-state index >= 15 is 0 Å². The highest BCUT2D eigenvalue weighted by Gasteiger charge is 2.08. The minimum absolute atomic E-state index is 0.0830. The average Bonchev–Trinajstić information content (AvgIpc) is 2.54. The van der Waals surface area contributed by atoms with Crippen LogP contribution in [0.3, 0.4) is 0 Å². The van der Waals surface area contributed by atoms with Crippen molar-refractivity contribution in [2.75, 3.05) is 13.2 Å². The van der Waals surface area contributed by atoms with Gasteiger partial charge >= 0.3 is 5.97 Å². The molecule has 0 unspecified atom stereocenters. The Morgan fingerprint density at radius 1 is 0.955 bits per heavy atom. The quantitative estimate of drug-likeness (QED) is 0.601. The molecule has 0 atom stereocenters. The summed E-state index contributed by atoms with van der Waals surface area (Å²) in [7, 11) is 0. The van der Waals surface area contributed by atoms with Gasteiger partial charge in [-0.1, -0.05) is 11.6 Å². The average molecular weight is 319 g/mol. The molecule has 0 saturated carbocycles. The van der Waals surface area contributed by atoms with E-state index < -0.39 is 0 Å². The van der Waals surface area contributed by atoms with Crippen molar-refractivity contribution in [3.63, 3.8) is 0 Å². The first kappa shape index (κ1) is 16.0. The van der Waals surface area contributed by atoms with Gasteiger partial charge in [-0.15, -0.1) is 0 Å². The Labute approximate surface area is 133 Å². The molecule has 22 heavy (non-hydrogen) atoms. The number of halogens is 1. The summed E-state index contributed by atoms with van der Waals surface area (Å²) in [6, 6.07) is 13.1. The Balaban J connectivity index is 1.92. The summed E-state index contributed by atoms with van der Waals surface area (Å²) in [5.41, 5.74) is 0.978. The zero-order valence-electron chi connectivity index (χ0n) is 12.0. The van der Waals surface area contributed by atoms with Crippen molar-refractivity contribution in [2.24, 2.45) is 0 Å². The minimum Gasteiger partial charge on any atom is -0.485 e. The second-order valence-electron chi connectivity index (χ2n) is 4.46. The number of ketones is 1. The zero-order valence-corrected chi connectivity index (χ0v) is 12.8. The van der Waals surface area contributed by atoms with Gasteiger partial charge in [0.25, 0.3) is 0 Å². The fourth-order valence-electron chi connectivity index (χ4n) is 1.77. The minimum atomic E-state index is -0.383. The Bertz CT molecular complexity index is 647. The molecule has 0 spiro atoms. The van der Waals surface area contributed by atoms with E-state index in [1.165, 1.54) is 0 Å². The van der Waals surface area contributed by atoms with Gasteiger partial charge in [0.15, 0.2) is 12.4 Å². The number of esters is 1. The van der Waals surface area contributed by atoms with E-state index in [0.29, 0.717) is 28.5 Å². The number of rotatable bonds is 6. The van der Waals surface area contributed by atoms with E-state index in [4.69, 9.17) is 21.1 Å². The van der Waals surface area contributed by atoms with Gasteiger partial charge in [0, 0.05) is 10.6 Å². The molecule has 0 bridgehead atoms. The molecule has 2 aromatic carbocycles. The predicted octanol–water partition coefficient (Wildman–Crippen LogP) is 3.78. The third kappa shape index (κ3) is 4.33. The van der Waals surface area contributed by atoms with Gasteiger partial charge in [-0.25, -0.2) is 4.79 Å². The molecule has 0 aromatic heterocycles. The van der Waals surface area contributed by atoms with Crippen molar-refractivity contribution in [1.82, 2.24) is 0 Å². The van der Waals surface area contributed by atoms with Crippen molar-refractivity contribution >= 4 is 23.4 Å². The fourth-order valence-corrected chi connectivity index (χ4v) is 1.90. The van der Waals surface area contributed by atoms with Crippen LogP contribution in [0, 0.1) is 0 Å². The lowest BCUT2D eigenvalue weighted by Crippen LogP contribution is -2.11. The van der Waals surface area contributed by atoms with Gasteiger partial charge in [0.2, 0.25) is 0 Å². The highest BCUT2D eigenvalue weighted by Crippen LogP contribution is 2.14. The molecular weight excluding hydrogens is 304 g/mol. The van der Waals surface area contributed by atoms with E-state index in [2.05, 4.69) is 0 Å². The number of carbonyl (C=O) groups excluding carboxylic acids is 2. The Hall–Kier alpha value is -2.33. The predicted molar refractivity (Wildman–Crippen MR) is 83.7 cm³/mol. The van der Waals surface area contributed by atoms with Crippen LogP contribution >= 0.6 is 11.6 Å². The zero-order chi connectivity index (χ0) is 15.9. The second-order valence-corrected chi connectivity index (χ2v) is 4.90. The van der Waals surface area contributed by atoms with Crippen LogP contribution in [0.5, 0.6) is 5.75 Å². The molecule has 0 aliphatic heterocycles. The summed E-state index contributed by atoms with van der Waals surface area (Å²) in [5, 5.41) is 0.576. The maximum absolute atomic E-state index is 11.9. The number of benzene rings is 2. The molecule has 4 nitrogen and oxygen atoms in total. The fraction of sp³-hybridized carbons (Fsp3) is 0.176. The monoisotopic (exact) mass is 318 g/mol. The third-order valence-corrected chi connectivity index (χ3v) is 3.15. The van der Waals surface area contributed by atoms with Crippen molar-refractivity contribution < 1.29 is 19.1 Å². The van der Waals surface area contributed by atoms with Crippen LogP contribution in [0.1, 0.15) is 27.6 Å². The summed E-state index contributed by atoms with van der Waals surface area (Å²) < 4.78 is 10.3. The summed E-state index contributed by atoms with van der Waals surface area (Å²) in [6.07, 6.45) is 0. The van der Waals surface area contributed by atoms with Gasteiger partial charge in [0.1, 0.15) is 5.75 Å². The molecule has 0 heterocycles. The van der Waals surface area contributed by atoms with Crippen LogP contribution in [0.15, 0.2) is 48.5 Å². The molecule has 0 aliphatic carbocycles. The van der Waals surface area contributed by atoms with Crippen LogP contribution in [-0.4, -0.2) is 25.0 Å². The van der Waals surface area contributed by atoms with Crippen LogP contribution in [-0.2, 0) is 4.74 Å². The Morgan fingerprint density at radius 2 is 1.55 bits per heavy atom. The standard InChI is InChI=1S/C17H15ClO4/c1-2-21-17(20)13-5-9-15(10-6-13)22-11-16(19)12-3-7-14(18)8-4-12/h3-10H,2,11H2,1H3. The largest absolute Gasteiger partial charge is 0.485 e. The van der Waals surface area contributed by atoms with Gasteiger partial charge in [-0.05, 0) is 55.5 Å². The van der Waals surface area contributed by atoms with Crippen molar-refractivity contribution in [1.29, 1.82) is 0 Å². The van der Waals surface area contributed by atoms with Gasteiger partial charge in [-0.2, -0.15) is 0 Å². The van der Waals surface area contributed by atoms with E-state index in [1.807, 2.05) is 0 Å². The number of hydrogen-bond donors (Lipinski definition) is 0. The summed E-state index contributed by atoms with van der Waals surface area (Å²) in [6.45, 7) is 1.99. The van der Waals surface area contributed by atoms with E-state index in [9.17, 15) is 9.59 Å². The highest BCUT2D eigenvalue weighted by molar-refractivity contribution is 6.30. The lowest BCUT2D eigenvalue weighted by Gasteiger charge is -2.07. The molecule has 114 valence electrons. The Kier molecular flexibility index (Phi) is 5.55. The number of Topliss-reactive ketones (excluding diaryl/α,β-unsaturated/α-hetero) is 1. The van der Waals surface area contributed by atoms with Gasteiger partial charge in [-0.3, -0.25) is 4.79 Å². The highest BCUT2D eigenvalue weighted by atomic mass is 35.5. The molecular formula is C17H15ClO4. The molecule has 5 heteroatoms. The lowest BCUT2D eigenvalue weighted by molar-refractivity contribution is 0.0526. The molecule has 0 aliphatic rings. The number of hydrogen-bond acceptors (Lipinski definition) is 4. The van der Waals surface area contributed by atoms with Crippen LogP contribution in [0.4, 0.5) is 0 Å². The Morgan fingerprint density at radius 3 is 2.14 bits per heavy atom. The number of carbonyl (C=O) groups is 2. The maximum Gasteiger partial charge on any atom is 0.338 e. The first-order chi connectivity index (χ1) is 10.6. The normalized spacial score (nSPS) is 10.1. The van der Waals surface area contributed by atoms with Crippen molar-refractivity contribution in [3.8, 4) is 5.75 Å². The van der Waals surface area contributed by atoms with Crippen LogP contribution in [0.2, 0.25) is 5.02 Å². The van der Waals surface area contributed by atoms with Crippen LogP contribution < -0.4 is 4.74 Å². The summed E-state index contributed by atoms with van der Waals surface area (Å²) in [5.74, 6) is -0.0206. The molecule has 0 fully saturated rings. The molecule has 0 amide bonds. The number of ether oxygens (including phenoxy) is 2. The van der Waals surface area contributed by atoms with E-state index in [1.54, 1.807) is 55.5 Å². The first-order valence-corrected chi connectivity index (χ1v) is 7.16. The molecule has 2 aromatic rings. The van der Waals surface area contributed by atoms with E-state index in [-0.39, 0.29) is 18.4 Å². The second kappa shape index (κ2) is 7.61. The SMILES string of the molecule is CCOC(=O)c1ccc(OCC(=O)c2ccc(Cl)cc2)cc1. The smallest absolute Gasteiger partial charge is 0.338 e. The topological polar surface area (TPSA) is 52.6 Å². The third-order valence-electron chi connectivity index (χ3n) is 2.90. The molecule has 0 radical (unpaired) electrons. The maximum atomic E-state index is 11.9. The van der Waals surface area contributed by atoms with E-state index in [0.717, 1.165) is 0 Å². The van der Waals surface area contributed by atoms with Gasteiger partial charge < -0.3 is 9.47 Å². The summed E-state index contributed by atoms with van der Waals surface area (Å²) in [4.78, 5) is 23.5. The molecule has 0 N–H and O–H groups in total. The summed E-state index contributed by atoms with van der Waals surface area (Å²) >= 11 is 5.77. The molecule has 2 rings (SSSR count). The molecule has 0 saturated heterocycles. The van der Waals surface area contributed by atoms with Gasteiger partial charge in [0.05, 0.1) is 12.2 Å². The van der Waals surface area contributed by atoms with Crippen molar-refractivity contribution in [2.45, 2.75) is 6.92 Å². The first-order valence-electron chi connectivity index (χ1n) is 6.79. The van der Waals surface area contributed by atoms with Crippen molar-refractivity contribution in [3.05, 3.63) is 64.7 Å². The lowest BCUT2D eigenvalue weighted by atomic mass is 10.1. The van der Waals surface area contributed by atoms with Crippen LogP contribution in [0.25, 0.3) is 0 Å².